The molecule has 4 nitrogen and oxygen atoms in total. The number of halogens is 5. The van der Waals surface area contributed by atoms with E-state index in [4.69, 9.17) is 4.74 Å². The Morgan fingerprint density at radius 3 is 1.45 bits per heavy atom. The van der Waals surface area contributed by atoms with Gasteiger partial charge in [-0.25, -0.2) is 0 Å². The van der Waals surface area contributed by atoms with Crippen molar-refractivity contribution in [1.29, 1.82) is 0 Å². The molecule has 196 valence electrons. The summed E-state index contributed by atoms with van der Waals surface area (Å²) in [6.45, 7) is 1.77. The van der Waals surface area contributed by atoms with Gasteiger partial charge in [0.05, 0.1) is 13.0 Å². The molecule has 0 radical (unpaired) electrons. The Balaban J connectivity index is 3.42. The fourth-order valence-corrected chi connectivity index (χ4v) is 3.43. The topological polar surface area (TPSA) is 55.4 Å². The van der Waals surface area contributed by atoms with Crippen molar-refractivity contribution in [3.8, 4) is 0 Å². The Morgan fingerprint density at radius 1 is 0.667 bits per heavy atom. The summed E-state index contributed by atoms with van der Waals surface area (Å²) < 4.78 is 66.4. The number of carbonyl (C=O) groups is 2. The highest BCUT2D eigenvalue weighted by Crippen LogP contribution is 2.35. The number of unbranched alkanes of at least 4 members (excludes halogenated alkanes) is 15. The number of alkyl halides is 5. The maximum absolute atomic E-state index is 12.7. The van der Waals surface area contributed by atoms with Crippen molar-refractivity contribution >= 4 is 11.9 Å². The highest BCUT2D eigenvalue weighted by molar-refractivity contribution is 5.84. The van der Waals surface area contributed by atoms with Gasteiger partial charge in [-0.2, -0.15) is 22.0 Å². The van der Waals surface area contributed by atoms with E-state index >= 15 is 0 Å². The van der Waals surface area contributed by atoms with Crippen LogP contribution in [0.4, 0.5) is 22.0 Å². The predicted molar refractivity (Wildman–Crippen MR) is 119 cm³/mol. The Labute approximate surface area is 195 Å². The van der Waals surface area contributed by atoms with Gasteiger partial charge in [0, 0.05) is 6.54 Å². The van der Waals surface area contributed by atoms with E-state index < -0.39 is 36.9 Å². The minimum absolute atomic E-state index is 0.171. The highest BCUT2D eigenvalue weighted by atomic mass is 19.4. The van der Waals surface area contributed by atoms with Crippen LogP contribution >= 0.6 is 0 Å². The number of rotatable bonds is 21. The molecule has 33 heavy (non-hydrogen) atoms. The zero-order valence-electron chi connectivity index (χ0n) is 20.0. The summed E-state index contributed by atoms with van der Waals surface area (Å²) in [7, 11) is 0. The molecule has 9 heteroatoms. The fourth-order valence-electron chi connectivity index (χ4n) is 3.43. The first-order chi connectivity index (χ1) is 15.6. The molecule has 0 atom stereocenters. The summed E-state index contributed by atoms with van der Waals surface area (Å²) in [6, 6.07) is 0. The van der Waals surface area contributed by atoms with Gasteiger partial charge in [0.25, 0.3) is 5.91 Å². The SMILES string of the molecule is CCCCCCCCCCCCCCCCCCOC(=O)CCNC(=O)C(F)(F)C(F)(F)F. The quantitative estimate of drug-likeness (QED) is 0.104. The van der Waals surface area contributed by atoms with Gasteiger partial charge in [-0.05, 0) is 6.42 Å². The van der Waals surface area contributed by atoms with Gasteiger partial charge in [0.2, 0.25) is 0 Å². The lowest BCUT2D eigenvalue weighted by Crippen LogP contribution is -2.50. The third-order valence-corrected chi connectivity index (χ3v) is 5.52. The van der Waals surface area contributed by atoms with Crippen LogP contribution in [0.3, 0.4) is 0 Å². The van der Waals surface area contributed by atoms with Crippen LogP contribution in [0.5, 0.6) is 0 Å². The number of amides is 1. The summed E-state index contributed by atoms with van der Waals surface area (Å²) in [6.07, 6.45) is 13.1. The van der Waals surface area contributed by atoms with Gasteiger partial charge in [0.15, 0.2) is 0 Å². The van der Waals surface area contributed by atoms with Crippen LogP contribution in [0.15, 0.2) is 0 Å². The van der Waals surface area contributed by atoms with Gasteiger partial charge < -0.3 is 10.1 Å². The largest absolute Gasteiger partial charge is 0.466 e. The summed E-state index contributed by atoms with van der Waals surface area (Å²) >= 11 is 0. The summed E-state index contributed by atoms with van der Waals surface area (Å²) in [4.78, 5) is 22.3. The van der Waals surface area contributed by atoms with Crippen molar-refractivity contribution in [2.75, 3.05) is 13.2 Å². The van der Waals surface area contributed by atoms with Gasteiger partial charge >= 0.3 is 18.1 Å². The molecular formula is C24H42F5NO3. The minimum atomic E-state index is -5.97. The first kappa shape index (κ1) is 31.6. The first-order valence-electron chi connectivity index (χ1n) is 12.5. The lowest BCUT2D eigenvalue weighted by molar-refractivity contribution is -0.269. The zero-order valence-corrected chi connectivity index (χ0v) is 20.0. The molecule has 0 spiro atoms. The molecule has 0 rings (SSSR count). The highest BCUT2D eigenvalue weighted by Gasteiger charge is 2.63. The van der Waals surface area contributed by atoms with E-state index in [1.54, 1.807) is 0 Å². The molecule has 0 fully saturated rings. The van der Waals surface area contributed by atoms with Gasteiger partial charge in [0.1, 0.15) is 0 Å². The van der Waals surface area contributed by atoms with Crippen LogP contribution in [0.2, 0.25) is 0 Å². The van der Waals surface area contributed by atoms with Crippen LogP contribution in [0.25, 0.3) is 0 Å². The monoisotopic (exact) mass is 487 g/mol. The lowest BCUT2D eigenvalue weighted by atomic mass is 10.0. The average molecular weight is 488 g/mol. The van der Waals surface area contributed by atoms with Crippen molar-refractivity contribution in [2.45, 2.75) is 128 Å². The Morgan fingerprint density at radius 2 is 1.06 bits per heavy atom. The van der Waals surface area contributed by atoms with Crippen molar-refractivity contribution in [1.82, 2.24) is 5.32 Å². The minimum Gasteiger partial charge on any atom is -0.466 e. The second-order valence-corrected chi connectivity index (χ2v) is 8.60. The summed E-state index contributed by atoms with van der Waals surface area (Å²) in [5.74, 6) is -8.70. The van der Waals surface area contributed by atoms with Crippen LogP contribution in [0, 0.1) is 0 Å². The van der Waals surface area contributed by atoms with E-state index in [0.29, 0.717) is 6.42 Å². The van der Waals surface area contributed by atoms with Crippen LogP contribution in [-0.4, -0.2) is 37.1 Å². The van der Waals surface area contributed by atoms with Crippen molar-refractivity contribution in [2.24, 2.45) is 0 Å². The molecule has 0 aliphatic carbocycles. The molecule has 0 saturated carbocycles. The van der Waals surface area contributed by atoms with Gasteiger partial charge in [-0.3, -0.25) is 9.59 Å². The van der Waals surface area contributed by atoms with Crippen molar-refractivity contribution in [3.63, 3.8) is 0 Å². The van der Waals surface area contributed by atoms with Gasteiger partial charge in [-0.15, -0.1) is 0 Å². The van der Waals surface area contributed by atoms with E-state index in [1.165, 1.54) is 82.4 Å². The third kappa shape index (κ3) is 16.8. The second-order valence-electron chi connectivity index (χ2n) is 8.60. The average Bonchev–Trinajstić information content (AvgIpc) is 2.75. The number of ether oxygens (including phenoxy) is 1. The first-order valence-corrected chi connectivity index (χ1v) is 12.5. The summed E-state index contributed by atoms with van der Waals surface area (Å²) in [5, 5.41) is 1.41. The number of hydrogen-bond acceptors (Lipinski definition) is 3. The van der Waals surface area contributed by atoms with E-state index in [-0.39, 0.29) is 6.61 Å². The number of nitrogens with one attached hydrogen (secondary N) is 1. The molecule has 0 unspecified atom stereocenters. The molecule has 0 aliphatic rings. The van der Waals surface area contributed by atoms with Gasteiger partial charge in [-0.1, -0.05) is 103 Å². The number of esters is 1. The Bertz CT molecular complexity index is 513. The van der Waals surface area contributed by atoms with Crippen molar-refractivity contribution in [3.05, 3.63) is 0 Å². The molecule has 0 aliphatic heterocycles. The molecule has 1 amide bonds. The molecule has 0 aromatic rings. The van der Waals surface area contributed by atoms with E-state index in [1.807, 2.05) is 0 Å². The Kier molecular flexibility index (Phi) is 18.1. The molecule has 0 aromatic heterocycles. The van der Waals surface area contributed by atoms with E-state index in [2.05, 4.69) is 6.92 Å². The summed E-state index contributed by atoms with van der Waals surface area (Å²) in [5.41, 5.74) is 0. The molecule has 0 heterocycles. The fraction of sp³-hybridized carbons (Fsp3) is 0.917. The molecule has 0 bridgehead atoms. The number of hydrogen-bond donors (Lipinski definition) is 1. The van der Waals surface area contributed by atoms with Crippen molar-refractivity contribution < 1.29 is 36.3 Å². The van der Waals surface area contributed by atoms with E-state index in [0.717, 1.165) is 19.3 Å². The van der Waals surface area contributed by atoms with E-state index in [9.17, 15) is 31.5 Å². The smallest absolute Gasteiger partial charge is 0.463 e. The molecule has 0 aromatic carbocycles. The van der Waals surface area contributed by atoms with Crippen LogP contribution in [-0.2, 0) is 14.3 Å². The molecular weight excluding hydrogens is 445 g/mol. The normalized spacial score (nSPS) is 12.1. The number of carbonyl (C=O) groups excluding carboxylic acids is 2. The zero-order chi connectivity index (χ0) is 25.0. The maximum Gasteiger partial charge on any atom is 0.463 e. The second kappa shape index (κ2) is 19.0. The predicted octanol–water partition coefficient (Wildman–Crippen LogP) is 7.50. The molecule has 1 N–H and O–H groups in total. The standard InChI is InChI=1S/C24H42F5NO3/c1-2-3-4-5-6-7-8-9-10-11-12-13-14-15-16-17-20-33-21(31)18-19-30-22(32)23(25,26)24(27,28)29/h2-20H2,1H3,(H,30,32). The van der Waals surface area contributed by atoms with Crippen LogP contribution in [0.1, 0.15) is 116 Å². The lowest BCUT2D eigenvalue weighted by Gasteiger charge is -2.18. The Hall–Kier alpha value is -1.41. The van der Waals surface area contributed by atoms with Crippen LogP contribution < -0.4 is 5.32 Å². The molecule has 0 saturated heterocycles. The maximum atomic E-state index is 12.7. The third-order valence-electron chi connectivity index (χ3n) is 5.52.